The van der Waals surface area contributed by atoms with Gasteiger partial charge in [0.2, 0.25) is 0 Å². The van der Waals surface area contributed by atoms with Crippen LogP contribution in [0.5, 0.6) is 0 Å². The van der Waals surface area contributed by atoms with Crippen LogP contribution < -0.4 is 24.8 Å². The van der Waals surface area contributed by atoms with Gasteiger partial charge in [0.1, 0.15) is 0 Å². The smallest absolute Gasteiger partial charge is 0.0809 e. The van der Waals surface area contributed by atoms with E-state index in [1.807, 2.05) is 0 Å². The molecular formula is C21H22Cl2OSiZr-2. The van der Waals surface area contributed by atoms with Crippen molar-refractivity contribution in [3.8, 4) is 0 Å². The van der Waals surface area contributed by atoms with Crippen LogP contribution in [0.15, 0.2) is 84.9 Å². The molecule has 0 fully saturated rings. The van der Waals surface area contributed by atoms with Gasteiger partial charge in [0.15, 0.2) is 0 Å². The molecule has 0 aliphatic carbocycles. The van der Waals surface area contributed by atoms with Gasteiger partial charge in [-0.05, 0) is 0 Å². The molecule has 0 aliphatic rings. The van der Waals surface area contributed by atoms with E-state index in [1.165, 1.54) is 21.5 Å². The maximum atomic E-state index is 8.28. The summed E-state index contributed by atoms with van der Waals surface area (Å²) in [6, 6.07) is 30.4. The Bertz CT molecular complexity index is 759. The van der Waals surface area contributed by atoms with E-state index in [0.717, 1.165) is 6.04 Å². The molecule has 1 nitrogen and oxygen atoms in total. The third kappa shape index (κ3) is 8.79. The molecule has 0 saturated heterocycles. The second kappa shape index (κ2) is 14.4. The number of benzene rings is 2. The molecule has 0 amide bonds. The molecule has 5 heteroatoms. The zero-order valence-electron chi connectivity index (χ0n) is 14.7. The minimum atomic E-state index is -0.0455. The van der Waals surface area contributed by atoms with Crippen LogP contribution in [0, 0.1) is 0 Å². The Morgan fingerprint density at radius 3 is 1.54 bits per heavy atom. The third-order valence-electron chi connectivity index (χ3n) is 3.58. The first-order chi connectivity index (χ1) is 11.7. The predicted molar refractivity (Wildman–Crippen MR) is 103 cm³/mol. The molecule has 4 rings (SSSR count). The summed E-state index contributed by atoms with van der Waals surface area (Å²) >= 11 is 1.63. The Morgan fingerprint density at radius 1 is 0.808 bits per heavy atom. The molecule has 0 heterocycles. The second-order valence-corrected chi connectivity index (χ2v) is 13.9. The molecule has 0 unspecified atom stereocenters. The SMILES string of the molecule is C[Si](=[Zr+2])CCO.[Cl-].[Cl-].c1ccc2[cH-]ccc2c1.c1ccc2[cH-]ccc2c1. The topological polar surface area (TPSA) is 20.2 Å². The number of fused-ring (bicyclic) bond motifs is 2. The molecule has 1 N–H and O–H groups in total. The molecule has 4 aromatic rings. The van der Waals surface area contributed by atoms with Gasteiger partial charge in [-0.1, -0.05) is 12.1 Å². The standard InChI is InChI=1S/2C9H7.C3H8OSi.2ClH.Zr/c2*1-2-5-9-7-3-6-8(9)4-1;1-5-3-2-4;;;/h2*1-7H;4H,2-3H2,1H3;2*1H;/q2*-1;;;;+2/p-2. The number of hydrogen-bond donors (Lipinski definition) is 1. The molecule has 0 bridgehead atoms. The van der Waals surface area contributed by atoms with E-state index < -0.39 is 0 Å². The quantitative estimate of drug-likeness (QED) is 0.297. The van der Waals surface area contributed by atoms with Crippen molar-refractivity contribution in [2.75, 3.05) is 6.61 Å². The zero-order chi connectivity index (χ0) is 17.2. The van der Waals surface area contributed by atoms with Gasteiger partial charge in [0.25, 0.3) is 0 Å². The largest absolute Gasteiger partial charge is 1.00 e. The van der Waals surface area contributed by atoms with Gasteiger partial charge in [-0.25, -0.2) is 0 Å². The zero-order valence-corrected chi connectivity index (χ0v) is 19.7. The van der Waals surface area contributed by atoms with Gasteiger partial charge in [-0.3, -0.25) is 0 Å². The van der Waals surface area contributed by atoms with Crippen molar-refractivity contribution in [2.24, 2.45) is 0 Å². The Kier molecular flexibility index (Phi) is 14.0. The van der Waals surface area contributed by atoms with Crippen molar-refractivity contribution < 1.29 is 53.3 Å². The van der Waals surface area contributed by atoms with Crippen LogP contribution in [-0.2, 0) is 23.3 Å². The maximum absolute atomic E-state index is 8.28. The molecule has 0 atom stereocenters. The summed E-state index contributed by atoms with van der Waals surface area (Å²) in [5.41, 5.74) is -0.0455. The van der Waals surface area contributed by atoms with Gasteiger partial charge in [0.05, 0.1) is 0 Å². The minimum absolute atomic E-state index is 0. The molecule has 136 valence electrons. The van der Waals surface area contributed by atoms with E-state index >= 15 is 0 Å². The average Bonchev–Trinajstić information content (AvgIpc) is 3.25. The second-order valence-electron chi connectivity index (χ2n) is 5.56. The van der Waals surface area contributed by atoms with Crippen LogP contribution in [-0.4, -0.2) is 17.1 Å². The van der Waals surface area contributed by atoms with E-state index in [1.54, 1.807) is 23.3 Å². The van der Waals surface area contributed by atoms with E-state index in [2.05, 4.69) is 91.5 Å². The molecule has 26 heavy (non-hydrogen) atoms. The number of hydrogen-bond acceptors (Lipinski definition) is 1. The van der Waals surface area contributed by atoms with Gasteiger partial charge in [-0.15, -0.1) is 59.3 Å². The monoisotopic (exact) mass is 478 g/mol. The van der Waals surface area contributed by atoms with E-state index in [9.17, 15) is 0 Å². The number of rotatable bonds is 2. The Labute approximate surface area is 183 Å². The first-order valence-corrected chi connectivity index (χ1v) is 14.0. The molecule has 0 radical (unpaired) electrons. The van der Waals surface area contributed by atoms with Crippen molar-refractivity contribution in [3.63, 3.8) is 0 Å². The van der Waals surface area contributed by atoms with Crippen LogP contribution in [0.1, 0.15) is 0 Å². The maximum Gasteiger partial charge on any atom is -0.0809 e. The van der Waals surface area contributed by atoms with Crippen molar-refractivity contribution >= 4 is 27.0 Å². The van der Waals surface area contributed by atoms with Gasteiger partial charge >= 0.3 is 53.1 Å². The fourth-order valence-electron chi connectivity index (χ4n) is 2.31. The first-order valence-electron chi connectivity index (χ1n) is 8.06. The van der Waals surface area contributed by atoms with Crippen molar-refractivity contribution in [3.05, 3.63) is 84.9 Å². The molecule has 0 aromatic heterocycles. The fraction of sp³-hybridized carbons (Fsp3) is 0.143. The molecular weight excluding hydrogens is 458 g/mol. The molecule has 0 aliphatic heterocycles. The summed E-state index contributed by atoms with van der Waals surface area (Å²) in [5.74, 6) is 0. The number of aliphatic hydroxyl groups excluding tert-OH is 1. The van der Waals surface area contributed by atoms with Gasteiger partial charge < -0.3 is 24.8 Å². The molecule has 0 saturated carbocycles. The van der Waals surface area contributed by atoms with Crippen molar-refractivity contribution in [1.29, 1.82) is 0 Å². The molecule has 4 aromatic carbocycles. The summed E-state index contributed by atoms with van der Waals surface area (Å²) in [4.78, 5) is 0. The summed E-state index contributed by atoms with van der Waals surface area (Å²) < 4.78 is 0. The predicted octanol–water partition coefficient (Wildman–Crippen LogP) is -0.728. The normalized spacial score (nSPS) is 9.08. The summed E-state index contributed by atoms with van der Waals surface area (Å²) in [6.45, 7) is 2.63. The van der Waals surface area contributed by atoms with E-state index in [-0.39, 0.29) is 30.2 Å². The number of halogens is 2. The van der Waals surface area contributed by atoms with E-state index in [0.29, 0.717) is 6.61 Å². The van der Waals surface area contributed by atoms with Crippen LogP contribution in [0.2, 0.25) is 12.6 Å². The van der Waals surface area contributed by atoms with Crippen LogP contribution >= 0.6 is 0 Å². The van der Waals surface area contributed by atoms with Crippen molar-refractivity contribution in [2.45, 2.75) is 12.6 Å². The third-order valence-corrected chi connectivity index (χ3v) is 6.40. The Hall–Kier alpha value is -0.700. The fourth-order valence-corrected chi connectivity index (χ4v) is 3.47. The summed E-state index contributed by atoms with van der Waals surface area (Å²) in [5, 5.41) is 13.6. The number of aliphatic hydroxyl groups is 1. The van der Waals surface area contributed by atoms with Crippen LogP contribution in [0.25, 0.3) is 21.5 Å². The van der Waals surface area contributed by atoms with Gasteiger partial charge in [0, 0.05) is 0 Å². The summed E-state index contributed by atoms with van der Waals surface area (Å²) in [6.07, 6.45) is 0. The van der Waals surface area contributed by atoms with Crippen molar-refractivity contribution in [1.82, 2.24) is 0 Å². The Morgan fingerprint density at radius 2 is 1.23 bits per heavy atom. The molecule has 0 spiro atoms. The average molecular weight is 481 g/mol. The van der Waals surface area contributed by atoms with Crippen LogP contribution in [0.3, 0.4) is 0 Å². The first kappa shape index (κ1) is 25.3. The van der Waals surface area contributed by atoms with Gasteiger partial charge in [-0.2, -0.15) is 35.0 Å². The Balaban J connectivity index is 0.000000357. The summed E-state index contributed by atoms with van der Waals surface area (Å²) in [7, 11) is 0. The minimum Gasteiger partial charge on any atom is -1.00 e. The van der Waals surface area contributed by atoms with E-state index in [4.69, 9.17) is 5.11 Å². The van der Waals surface area contributed by atoms with Crippen LogP contribution in [0.4, 0.5) is 0 Å².